The number of nitrogens with zero attached hydrogens (tertiary/aromatic N) is 3. The van der Waals surface area contributed by atoms with Crippen LogP contribution in [0.25, 0.3) is 0 Å². The van der Waals surface area contributed by atoms with Crippen molar-refractivity contribution in [3.05, 3.63) is 12.4 Å². The summed E-state index contributed by atoms with van der Waals surface area (Å²) in [4.78, 5) is 23.3. The fourth-order valence-electron chi connectivity index (χ4n) is 2.45. The fourth-order valence-corrected chi connectivity index (χ4v) is 2.45. The van der Waals surface area contributed by atoms with E-state index in [1.54, 1.807) is 10.9 Å². The molecule has 1 fully saturated rings. The third-order valence-corrected chi connectivity index (χ3v) is 3.54. The van der Waals surface area contributed by atoms with Crippen molar-refractivity contribution in [2.45, 2.75) is 50.6 Å². The quantitative estimate of drug-likeness (QED) is 0.812. The number of aryl methyl sites for hydroxylation is 1. The molecule has 1 aromatic rings. The molecule has 104 valence electrons. The van der Waals surface area contributed by atoms with Crippen molar-refractivity contribution in [1.82, 2.24) is 20.3 Å². The van der Waals surface area contributed by atoms with Gasteiger partial charge in [-0.15, -0.1) is 5.10 Å². The van der Waals surface area contributed by atoms with Crippen molar-refractivity contribution in [3.63, 3.8) is 0 Å². The Morgan fingerprint density at radius 3 is 2.63 bits per heavy atom. The number of aromatic nitrogens is 3. The van der Waals surface area contributed by atoms with Crippen LogP contribution in [-0.4, -0.2) is 37.5 Å². The van der Waals surface area contributed by atoms with Crippen LogP contribution in [0.2, 0.25) is 0 Å². The Labute approximate surface area is 111 Å². The molecule has 0 saturated heterocycles. The highest BCUT2D eigenvalue weighted by atomic mass is 16.4. The number of carboxylic acids is 1. The molecule has 0 spiro atoms. The molecule has 2 rings (SSSR count). The molecule has 1 heterocycles. The largest absolute Gasteiger partial charge is 0.480 e. The maximum atomic E-state index is 11.9. The van der Waals surface area contributed by atoms with E-state index in [4.69, 9.17) is 0 Å². The first-order chi connectivity index (χ1) is 9.12. The molecule has 1 aromatic heterocycles. The summed E-state index contributed by atoms with van der Waals surface area (Å²) in [5.41, 5.74) is -1.07. The second-order valence-electron chi connectivity index (χ2n) is 4.91. The Kier molecular flexibility index (Phi) is 4.13. The van der Waals surface area contributed by atoms with Crippen LogP contribution >= 0.6 is 0 Å². The summed E-state index contributed by atoms with van der Waals surface area (Å²) in [6.45, 7) is 0.404. The van der Waals surface area contributed by atoms with Crippen LogP contribution in [0.15, 0.2) is 12.4 Å². The maximum absolute atomic E-state index is 11.9. The predicted molar refractivity (Wildman–Crippen MR) is 66.2 cm³/mol. The predicted octanol–water partition coefficient (Wildman–Crippen LogP) is 0.572. The fraction of sp³-hybridized carbons (Fsp3) is 0.667. The van der Waals surface area contributed by atoms with E-state index in [-0.39, 0.29) is 12.3 Å². The van der Waals surface area contributed by atoms with Gasteiger partial charge in [0.25, 0.3) is 0 Å². The minimum atomic E-state index is -1.07. The summed E-state index contributed by atoms with van der Waals surface area (Å²) in [7, 11) is 0. The van der Waals surface area contributed by atoms with E-state index in [9.17, 15) is 14.7 Å². The summed E-state index contributed by atoms with van der Waals surface area (Å²) in [6.07, 6.45) is 7.15. The van der Waals surface area contributed by atoms with Crippen molar-refractivity contribution in [2.75, 3.05) is 0 Å². The molecule has 2 N–H and O–H groups in total. The number of hydrogen-bond donors (Lipinski definition) is 2. The smallest absolute Gasteiger partial charge is 0.329 e. The van der Waals surface area contributed by atoms with Crippen LogP contribution in [0.1, 0.15) is 38.5 Å². The average Bonchev–Trinajstić information content (AvgIpc) is 2.90. The molecule has 7 nitrogen and oxygen atoms in total. The number of carbonyl (C=O) groups is 2. The van der Waals surface area contributed by atoms with Gasteiger partial charge in [-0.1, -0.05) is 24.5 Å². The Bertz CT molecular complexity index is 438. The monoisotopic (exact) mass is 266 g/mol. The third kappa shape index (κ3) is 3.30. The molecule has 1 amide bonds. The number of amides is 1. The highest BCUT2D eigenvalue weighted by Gasteiger charge is 2.40. The molecule has 0 bridgehead atoms. The molecular formula is C12H18N4O3. The average molecular weight is 266 g/mol. The number of carboxylic acid groups (broad SMARTS) is 1. The van der Waals surface area contributed by atoms with Gasteiger partial charge >= 0.3 is 5.97 Å². The molecule has 7 heteroatoms. The number of rotatable bonds is 5. The van der Waals surface area contributed by atoms with Gasteiger partial charge in [0.2, 0.25) is 5.91 Å². The first-order valence-corrected chi connectivity index (χ1v) is 6.51. The first kappa shape index (κ1) is 13.5. The van der Waals surface area contributed by atoms with Crippen LogP contribution in [0.4, 0.5) is 0 Å². The van der Waals surface area contributed by atoms with E-state index in [0.717, 1.165) is 19.3 Å². The lowest BCUT2D eigenvalue weighted by atomic mass is 9.81. The molecular weight excluding hydrogens is 248 g/mol. The first-order valence-electron chi connectivity index (χ1n) is 6.51. The van der Waals surface area contributed by atoms with Gasteiger partial charge < -0.3 is 10.4 Å². The lowest BCUT2D eigenvalue weighted by Gasteiger charge is -2.34. The van der Waals surface area contributed by atoms with E-state index in [0.29, 0.717) is 19.4 Å². The van der Waals surface area contributed by atoms with E-state index in [1.807, 2.05) is 0 Å². The maximum Gasteiger partial charge on any atom is 0.329 e. The van der Waals surface area contributed by atoms with Gasteiger partial charge in [0, 0.05) is 12.6 Å². The van der Waals surface area contributed by atoms with Crippen molar-refractivity contribution in [2.24, 2.45) is 0 Å². The van der Waals surface area contributed by atoms with Crippen molar-refractivity contribution in [1.29, 1.82) is 0 Å². The lowest BCUT2D eigenvalue weighted by molar-refractivity contribution is -0.149. The minimum Gasteiger partial charge on any atom is -0.480 e. The van der Waals surface area contributed by atoms with E-state index < -0.39 is 11.5 Å². The second kappa shape index (κ2) is 5.81. The molecule has 1 aliphatic rings. The van der Waals surface area contributed by atoms with Crippen LogP contribution in [0.3, 0.4) is 0 Å². The highest BCUT2D eigenvalue weighted by Crippen LogP contribution is 2.28. The Morgan fingerprint density at radius 2 is 2.05 bits per heavy atom. The van der Waals surface area contributed by atoms with Crippen molar-refractivity contribution < 1.29 is 14.7 Å². The van der Waals surface area contributed by atoms with Crippen LogP contribution in [-0.2, 0) is 16.1 Å². The van der Waals surface area contributed by atoms with Gasteiger partial charge in [-0.05, 0) is 12.8 Å². The molecule has 1 saturated carbocycles. The van der Waals surface area contributed by atoms with Crippen LogP contribution in [0, 0.1) is 0 Å². The van der Waals surface area contributed by atoms with E-state index in [2.05, 4.69) is 15.6 Å². The topological polar surface area (TPSA) is 97.1 Å². The molecule has 19 heavy (non-hydrogen) atoms. The lowest BCUT2D eigenvalue weighted by Crippen LogP contribution is -2.55. The summed E-state index contributed by atoms with van der Waals surface area (Å²) in [5, 5.41) is 19.4. The number of aliphatic carboxylic acids is 1. The van der Waals surface area contributed by atoms with Gasteiger partial charge in [0.05, 0.1) is 12.7 Å². The van der Waals surface area contributed by atoms with Gasteiger partial charge in [0.1, 0.15) is 5.54 Å². The zero-order chi connectivity index (χ0) is 13.7. The zero-order valence-corrected chi connectivity index (χ0v) is 10.7. The molecule has 1 aliphatic carbocycles. The summed E-state index contributed by atoms with van der Waals surface area (Å²) < 4.78 is 1.55. The molecule has 0 aromatic carbocycles. The van der Waals surface area contributed by atoms with Crippen molar-refractivity contribution >= 4 is 11.9 Å². The van der Waals surface area contributed by atoms with Crippen LogP contribution in [0.5, 0.6) is 0 Å². The number of hydrogen-bond acceptors (Lipinski definition) is 4. The summed E-state index contributed by atoms with van der Waals surface area (Å²) >= 11 is 0. The highest BCUT2D eigenvalue weighted by molar-refractivity contribution is 5.87. The summed E-state index contributed by atoms with van der Waals surface area (Å²) in [5.74, 6) is -1.18. The standard InChI is InChI=1S/C12H18N4O3/c17-10(4-8-16-9-7-13-15-16)14-12(11(18)19)5-2-1-3-6-12/h7,9H,1-6,8H2,(H,14,17)(H,18,19). The zero-order valence-electron chi connectivity index (χ0n) is 10.7. The van der Waals surface area contributed by atoms with Gasteiger partial charge in [-0.25, -0.2) is 4.79 Å². The Hall–Kier alpha value is -1.92. The third-order valence-electron chi connectivity index (χ3n) is 3.54. The van der Waals surface area contributed by atoms with E-state index in [1.165, 1.54) is 6.20 Å². The van der Waals surface area contributed by atoms with Crippen molar-refractivity contribution in [3.8, 4) is 0 Å². The molecule has 0 aliphatic heterocycles. The van der Waals surface area contributed by atoms with Gasteiger partial charge in [-0.2, -0.15) is 0 Å². The van der Waals surface area contributed by atoms with Gasteiger partial charge in [0.15, 0.2) is 0 Å². The Balaban J connectivity index is 1.90. The van der Waals surface area contributed by atoms with E-state index >= 15 is 0 Å². The van der Waals surface area contributed by atoms with Crippen LogP contribution < -0.4 is 5.32 Å². The minimum absolute atomic E-state index is 0.207. The van der Waals surface area contributed by atoms with Gasteiger partial charge in [-0.3, -0.25) is 9.48 Å². The molecule has 0 atom stereocenters. The summed E-state index contributed by atoms with van der Waals surface area (Å²) in [6, 6.07) is 0. The number of nitrogens with one attached hydrogen (secondary N) is 1. The molecule has 0 unspecified atom stereocenters. The molecule has 0 radical (unpaired) electrons. The SMILES string of the molecule is O=C(CCn1ccnn1)NC1(C(=O)O)CCCCC1. The Morgan fingerprint density at radius 1 is 1.32 bits per heavy atom. The number of carbonyl (C=O) groups excluding carboxylic acids is 1. The second-order valence-corrected chi connectivity index (χ2v) is 4.91. The normalized spacial score (nSPS) is 17.9.